The monoisotopic (exact) mass is 197 g/mol. The van der Waals surface area contributed by atoms with E-state index in [1.54, 1.807) is 0 Å². The average Bonchev–Trinajstić information content (AvgIpc) is 2.67. The van der Waals surface area contributed by atoms with Crippen molar-refractivity contribution < 1.29 is 4.79 Å². The maximum absolute atomic E-state index is 12.2. The number of hydrogen-bond donors (Lipinski definition) is 2. The van der Waals surface area contributed by atoms with Gasteiger partial charge in [0.2, 0.25) is 5.91 Å². The molecule has 0 unspecified atom stereocenters. The number of nitrogens with one attached hydrogen (secondary N) is 2. The number of amides is 1. The quantitative estimate of drug-likeness (QED) is 0.599. The molecule has 2 rings (SSSR count). The number of nitrogens with zero attached hydrogens (tertiary/aromatic N) is 1. The van der Waals surface area contributed by atoms with Gasteiger partial charge >= 0.3 is 0 Å². The van der Waals surface area contributed by atoms with Crippen LogP contribution in [0.4, 0.5) is 0 Å². The molecule has 14 heavy (non-hydrogen) atoms. The third-order valence-electron chi connectivity index (χ3n) is 3.24. The molecule has 0 aromatic carbocycles. The van der Waals surface area contributed by atoms with Crippen LogP contribution in [0.2, 0.25) is 0 Å². The lowest BCUT2D eigenvalue weighted by Crippen LogP contribution is -2.57. The molecule has 2 N–H and O–H groups in total. The SMILES string of the molecule is C[C@@]1(C(=O)N2CCNCC2)CCCN1. The van der Waals surface area contributed by atoms with Gasteiger partial charge in [-0.25, -0.2) is 0 Å². The van der Waals surface area contributed by atoms with Gasteiger partial charge in [-0.3, -0.25) is 4.79 Å². The minimum absolute atomic E-state index is 0.280. The summed E-state index contributed by atoms with van der Waals surface area (Å²) < 4.78 is 0. The maximum atomic E-state index is 12.2. The van der Waals surface area contributed by atoms with Crippen LogP contribution < -0.4 is 10.6 Å². The van der Waals surface area contributed by atoms with Crippen LogP contribution in [0.5, 0.6) is 0 Å². The molecule has 0 aromatic rings. The second kappa shape index (κ2) is 3.87. The number of carbonyl (C=O) groups excluding carboxylic acids is 1. The fourth-order valence-corrected chi connectivity index (χ4v) is 2.29. The molecule has 2 aliphatic heterocycles. The molecule has 2 heterocycles. The van der Waals surface area contributed by atoms with Crippen molar-refractivity contribution in [2.75, 3.05) is 32.7 Å². The normalized spacial score (nSPS) is 33.4. The number of hydrogen-bond acceptors (Lipinski definition) is 3. The summed E-state index contributed by atoms with van der Waals surface area (Å²) in [7, 11) is 0. The first kappa shape index (κ1) is 9.93. The van der Waals surface area contributed by atoms with Crippen molar-refractivity contribution in [1.82, 2.24) is 15.5 Å². The van der Waals surface area contributed by atoms with Gasteiger partial charge in [0.1, 0.15) is 0 Å². The summed E-state index contributed by atoms with van der Waals surface area (Å²) in [6, 6.07) is 0. The molecule has 0 radical (unpaired) electrons. The lowest BCUT2D eigenvalue weighted by molar-refractivity contribution is -0.137. The minimum atomic E-state index is -0.280. The molecular formula is C10H19N3O. The van der Waals surface area contributed by atoms with Crippen LogP contribution in [0.3, 0.4) is 0 Å². The summed E-state index contributed by atoms with van der Waals surface area (Å²) in [5, 5.41) is 6.58. The average molecular weight is 197 g/mol. The van der Waals surface area contributed by atoms with Crippen LogP contribution >= 0.6 is 0 Å². The number of carbonyl (C=O) groups is 1. The van der Waals surface area contributed by atoms with E-state index in [2.05, 4.69) is 10.6 Å². The van der Waals surface area contributed by atoms with Gasteiger partial charge in [0.25, 0.3) is 0 Å². The molecule has 0 bridgehead atoms. The predicted octanol–water partition coefficient (Wildman–Crippen LogP) is -0.440. The molecule has 2 fully saturated rings. The van der Waals surface area contributed by atoms with Crippen molar-refractivity contribution in [2.45, 2.75) is 25.3 Å². The van der Waals surface area contributed by atoms with Gasteiger partial charge in [0.15, 0.2) is 0 Å². The molecule has 2 aliphatic rings. The summed E-state index contributed by atoms with van der Waals surface area (Å²) in [6.07, 6.45) is 2.10. The third-order valence-corrected chi connectivity index (χ3v) is 3.24. The molecule has 1 atom stereocenters. The molecule has 0 aliphatic carbocycles. The van der Waals surface area contributed by atoms with Crippen molar-refractivity contribution in [1.29, 1.82) is 0 Å². The fourth-order valence-electron chi connectivity index (χ4n) is 2.29. The Bertz CT molecular complexity index is 217. The first-order valence-corrected chi connectivity index (χ1v) is 5.47. The summed E-state index contributed by atoms with van der Waals surface area (Å²) in [4.78, 5) is 14.1. The Kier molecular flexibility index (Phi) is 2.74. The van der Waals surface area contributed by atoms with E-state index in [4.69, 9.17) is 0 Å². The molecule has 0 spiro atoms. The third kappa shape index (κ3) is 1.77. The van der Waals surface area contributed by atoms with Crippen molar-refractivity contribution in [3.8, 4) is 0 Å². The second-order valence-electron chi connectivity index (χ2n) is 4.40. The Balaban J connectivity index is 1.98. The van der Waals surface area contributed by atoms with Gasteiger partial charge < -0.3 is 15.5 Å². The highest BCUT2D eigenvalue weighted by atomic mass is 16.2. The minimum Gasteiger partial charge on any atom is -0.339 e. The van der Waals surface area contributed by atoms with Crippen LogP contribution in [0.25, 0.3) is 0 Å². The van der Waals surface area contributed by atoms with Crippen LogP contribution in [0.15, 0.2) is 0 Å². The standard InChI is InChI=1S/C10H19N3O/c1-10(3-2-4-12-10)9(14)13-7-5-11-6-8-13/h11-12H,2-8H2,1H3/t10-/m0/s1. The maximum Gasteiger partial charge on any atom is 0.242 e. The summed E-state index contributed by atoms with van der Waals surface area (Å²) in [5.74, 6) is 0.288. The molecule has 4 nitrogen and oxygen atoms in total. The summed E-state index contributed by atoms with van der Waals surface area (Å²) in [6.45, 7) is 6.59. The zero-order valence-corrected chi connectivity index (χ0v) is 8.81. The van der Waals surface area contributed by atoms with Crippen molar-refractivity contribution in [3.63, 3.8) is 0 Å². The van der Waals surface area contributed by atoms with Crippen LogP contribution in [-0.4, -0.2) is 49.1 Å². The number of rotatable bonds is 1. The van der Waals surface area contributed by atoms with E-state index >= 15 is 0 Å². The lowest BCUT2D eigenvalue weighted by atomic mass is 9.98. The van der Waals surface area contributed by atoms with Gasteiger partial charge in [-0.1, -0.05) is 0 Å². The van der Waals surface area contributed by atoms with Crippen LogP contribution in [-0.2, 0) is 4.79 Å². The smallest absolute Gasteiger partial charge is 0.242 e. The highest BCUT2D eigenvalue weighted by Crippen LogP contribution is 2.21. The van der Waals surface area contributed by atoms with Gasteiger partial charge in [-0.15, -0.1) is 0 Å². The number of piperazine rings is 1. The molecule has 4 heteroatoms. The zero-order chi connectivity index (χ0) is 10.0. The van der Waals surface area contributed by atoms with Crippen molar-refractivity contribution >= 4 is 5.91 Å². The zero-order valence-electron chi connectivity index (χ0n) is 8.81. The fraction of sp³-hybridized carbons (Fsp3) is 0.900. The Morgan fingerprint density at radius 1 is 1.29 bits per heavy atom. The molecule has 2 saturated heterocycles. The molecular weight excluding hydrogens is 178 g/mol. The van der Waals surface area contributed by atoms with Gasteiger partial charge in [-0.05, 0) is 26.3 Å². The first-order valence-electron chi connectivity index (χ1n) is 5.47. The van der Waals surface area contributed by atoms with Crippen molar-refractivity contribution in [2.24, 2.45) is 0 Å². The van der Waals surface area contributed by atoms with Crippen LogP contribution in [0.1, 0.15) is 19.8 Å². The summed E-state index contributed by atoms with van der Waals surface area (Å²) in [5.41, 5.74) is -0.280. The Morgan fingerprint density at radius 3 is 2.57 bits per heavy atom. The van der Waals surface area contributed by atoms with E-state index in [1.165, 1.54) is 0 Å². The first-order chi connectivity index (χ1) is 6.72. The highest BCUT2D eigenvalue weighted by molar-refractivity contribution is 5.86. The van der Waals surface area contributed by atoms with Crippen molar-refractivity contribution in [3.05, 3.63) is 0 Å². The van der Waals surface area contributed by atoms with Gasteiger partial charge in [-0.2, -0.15) is 0 Å². The molecule has 1 amide bonds. The Morgan fingerprint density at radius 2 is 2.00 bits per heavy atom. The highest BCUT2D eigenvalue weighted by Gasteiger charge is 2.38. The Labute approximate surface area is 85.0 Å². The second-order valence-corrected chi connectivity index (χ2v) is 4.40. The van der Waals surface area contributed by atoms with Gasteiger partial charge in [0.05, 0.1) is 5.54 Å². The molecule has 80 valence electrons. The molecule has 0 saturated carbocycles. The topological polar surface area (TPSA) is 44.4 Å². The lowest BCUT2D eigenvalue weighted by Gasteiger charge is -2.34. The predicted molar refractivity (Wildman–Crippen MR) is 55.1 cm³/mol. The Hall–Kier alpha value is -0.610. The van der Waals surface area contributed by atoms with Crippen LogP contribution in [0, 0.1) is 0 Å². The van der Waals surface area contributed by atoms with E-state index in [-0.39, 0.29) is 11.4 Å². The van der Waals surface area contributed by atoms with E-state index < -0.39 is 0 Å². The van der Waals surface area contributed by atoms with E-state index in [0.717, 1.165) is 45.6 Å². The largest absolute Gasteiger partial charge is 0.339 e. The van der Waals surface area contributed by atoms with E-state index in [9.17, 15) is 4.79 Å². The molecule has 0 aromatic heterocycles. The van der Waals surface area contributed by atoms with E-state index in [1.807, 2.05) is 11.8 Å². The summed E-state index contributed by atoms with van der Waals surface area (Å²) >= 11 is 0. The van der Waals surface area contributed by atoms with Gasteiger partial charge in [0, 0.05) is 26.2 Å². The van der Waals surface area contributed by atoms with E-state index in [0.29, 0.717) is 0 Å².